The van der Waals surface area contributed by atoms with Crippen molar-refractivity contribution in [2.45, 2.75) is 77.5 Å². The third-order valence-electron chi connectivity index (χ3n) is 9.00. The van der Waals surface area contributed by atoms with Crippen molar-refractivity contribution < 1.29 is 9.59 Å². The monoisotopic (exact) mass is 350 g/mol. The molecule has 0 saturated heterocycles. The minimum atomic E-state index is -0.258. The maximum absolute atomic E-state index is 12.2. The number of halogens is 1. The van der Waals surface area contributed by atoms with E-state index in [9.17, 15) is 9.59 Å². The number of carbonyl (C=O) groups is 2. The van der Waals surface area contributed by atoms with Gasteiger partial charge in [-0.15, -0.1) is 11.6 Å². The van der Waals surface area contributed by atoms with Gasteiger partial charge in [-0.25, -0.2) is 0 Å². The Bertz CT molecular complexity index is 572. The molecular weight excluding hydrogens is 320 g/mol. The van der Waals surface area contributed by atoms with Crippen LogP contribution >= 0.6 is 11.6 Å². The van der Waals surface area contributed by atoms with E-state index in [4.69, 9.17) is 11.6 Å². The maximum atomic E-state index is 12.2. The van der Waals surface area contributed by atoms with Gasteiger partial charge in [-0.3, -0.25) is 9.59 Å². The molecule has 4 fully saturated rings. The zero-order chi connectivity index (χ0) is 17.3. The normalized spacial score (nSPS) is 53.9. The molecule has 0 aliphatic heterocycles. The average Bonchev–Trinajstić information content (AvgIpc) is 2.89. The molecule has 0 radical (unpaired) electrons. The van der Waals surface area contributed by atoms with Gasteiger partial charge in [0.25, 0.3) is 0 Å². The van der Waals surface area contributed by atoms with Gasteiger partial charge in [0.2, 0.25) is 0 Å². The Kier molecular flexibility index (Phi) is 3.95. The molecule has 0 N–H and O–H groups in total. The first-order chi connectivity index (χ1) is 11.3. The summed E-state index contributed by atoms with van der Waals surface area (Å²) >= 11 is 6.57. The number of hydrogen-bond acceptors (Lipinski definition) is 2. The van der Waals surface area contributed by atoms with Crippen LogP contribution in [0.25, 0.3) is 0 Å². The van der Waals surface area contributed by atoms with Gasteiger partial charge in [0, 0.05) is 12.3 Å². The highest BCUT2D eigenvalue weighted by Crippen LogP contribution is 2.67. The van der Waals surface area contributed by atoms with Crippen LogP contribution in [-0.2, 0) is 9.59 Å². The molecule has 4 aliphatic rings. The molecule has 4 rings (SSSR count). The third-order valence-corrected chi connectivity index (χ3v) is 9.55. The molecule has 0 heterocycles. The van der Waals surface area contributed by atoms with E-state index in [0.717, 1.165) is 25.2 Å². The fourth-order valence-corrected chi connectivity index (χ4v) is 8.28. The molecule has 2 unspecified atom stereocenters. The van der Waals surface area contributed by atoms with Gasteiger partial charge in [0.1, 0.15) is 5.78 Å². The van der Waals surface area contributed by atoms with Crippen molar-refractivity contribution in [2.75, 3.05) is 0 Å². The van der Waals surface area contributed by atoms with Gasteiger partial charge in [0.15, 0.2) is 5.78 Å². The second-order valence-electron chi connectivity index (χ2n) is 9.72. The van der Waals surface area contributed by atoms with Gasteiger partial charge in [-0.05, 0) is 86.4 Å². The number of rotatable bonds is 1. The summed E-state index contributed by atoms with van der Waals surface area (Å²) in [6, 6.07) is 0. The lowest BCUT2D eigenvalue weighted by molar-refractivity contribution is -0.142. The Labute approximate surface area is 151 Å². The quantitative estimate of drug-likeness (QED) is 0.622. The summed E-state index contributed by atoms with van der Waals surface area (Å²) in [5.74, 6) is 3.48. The smallest absolute Gasteiger partial charge is 0.151 e. The first-order valence-electron chi connectivity index (χ1n) is 9.96. The van der Waals surface area contributed by atoms with Crippen molar-refractivity contribution in [2.24, 2.45) is 40.4 Å². The van der Waals surface area contributed by atoms with Crippen LogP contribution in [0.3, 0.4) is 0 Å². The molecule has 0 aromatic heterocycles. The Morgan fingerprint density at radius 1 is 0.958 bits per heavy atom. The van der Waals surface area contributed by atoms with Crippen LogP contribution in [0, 0.1) is 40.4 Å². The van der Waals surface area contributed by atoms with Gasteiger partial charge < -0.3 is 0 Å². The van der Waals surface area contributed by atoms with E-state index in [1.165, 1.54) is 25.7 Å². The molecule has 134 valence electrons. The second kappa shape index (κ2) is 5.56. The molecule has 0 bridgehead atoms. The zero-order valence-corrected chi connectivity index (χ0v) is 16.1. The number of fused-ring (bicyclic) bond motifs is 5. The Balaban J connectivity index is 1.64. The number of carbonyl (C=O) groups excluding carboxylic acids is 2. The maximum Gasteiger partial charge on any atom is 0.151 e. The predicted octanol–water partition coefficient (Wildman–Crippen LogP) is 5.02. The van der Waals surface area contributed by atoms with E-state index >= 15 is 0 Å². The summed E-state index contributed by atoms with van der Waals surface area (Å²) < 4.78 is 0. The molecule has 2 nitrogen and oxygen atoms in total. The first kappa shape index (κ1) is 17.1. The number of Topliss-reactive ketones (excluding diaryl/α,β-unsaturated/α-hetero) is 2. The van der Waals surface area contributed by atoms with E-state index in [1.807, 2.05) is 0 Å². The van der Waals surface area contributed by atoms with Crippen LogP contribution in [0.4, 0.5) is 0 Å². The fourth-order valence-electron chi connectivity index (χ4n) is 7.76. The van der Waals surface area contributed by atoms with E-state index in [-0.39, 0.29) is 27.9 Å². The summed E-state index contributed by atoms with van der Waals surface area (Å²) in [6.45, 7) is 6.62. The predicted molar refractivity (Wildman–Crippen MR) is 95.9 cm³/mol. The molecule has 8 atom stereocenters. The lowest BCUT2D eigenvalue weighted by atomic mass is 9.44. The zero-order valence-electron chi connectivity index (χ0n) is 15.3. The Hall–Kier alpha value is -0.370. The van der Waals surface area contributed by atoms with E-state index in [2.05, 4.69) is 13.8 Å². The van der Waals surface area contributed by atoms with Gasteiger partial charge in [-0.1, -0.05) is 13.8 Å². The third kappa shape index (κ3) is 2.14. The number of hydrogen-bond donors (Lipinski definition) is 0. The molecule has 3 heteroatoms. The van der Waals surface area contributed by atoms with Crippen LogP contribution in [0.2, 0.25) is 0 Å². The molecule has 24 heavy (non-hydrogen) atoms. The number of ketones is 2. The van der Waals surface area contributed by atoms with Crippen LogP contribution in [0.1, 0.15) is 72.1 Å². The molecule has 4 saturated carbocycles. The SMILES string of the molecule is CC(=O)[C@H]1CC[C@H]2[C@@H]3CCC4C(Cl)C(=O)CC[C@]4(C)[C@H]3CC[C@]12C. The van der Waals surface area contributed by atoms with Gasteiger partial charge in [-0.2, -0.15) is 0 Å². The largest absolute Gasteiger partial charge is 0.300 e. The van der Waals surface area contributed by atoms with Crippen molar-refractivity contribution in [1.29, 1.82) is 0 Å². The van der Waals surface area contributed by atoms with E-state index in [1.54, 1.807) is 6.92 Å². The van der Waals surface area contributed by atoms with Gasteiger partial charge in [0.05, 0.1) is 5.38 Å². The van der Waals surface area contributed by atoms with Crippen molar-refractivity contribution >= 4 is 23.2 Å². The van der Waals surface area contributed by atoms with E-state index in [0.29, 0.717) is 30.0 Å². The lowest BCUT2D eigenvalue weighted by Gasteiger charge is -2.60. The molecule has 0 amide bonds. The summed E-state index contributed by atoms with van der Waals surface area (Å²) in [7, 11) is 0. The number of alkyl halides is 1. The summed E-state index contributed by atoms with van der Waals surface area (Å²) in [5, 5.41) is -0.258. The summed E-state index contributed by atoms with van der Waals surface area (Å²) in [5.41, 5.74) is 0.458. The minimum Gasteiger partial charge on any atom is -0.300 e. The molecule has 0 aromatic rings. The van der Waals surface area contributed by atoms with Crippen LogP contribution < -0.4 is 0 Å². The van der Waals surface area contributed by atoms with Gasteiger partial charge >= 0.3 is 0 Å². The topological polar surface area (TPSA) is 34.1 Å². The second-order valence-corrected chi connectivity index (χ2v) is 10.2. The highest BCUT2D eigenvalue weighted by Gasteiger charge is 2.62. The van der Waals surface area contributed by atoms with Crippen molar-refractivity contribution in [3.05, 3.63) is 0 Å². The molecular formula is C21H31ClO2. The molecule has 4 aliphatic carbocycles. The molecule has 0 spiro atoms. The first-order valence-corrected chi connectivity index (χ1v) is 10.4. The van der Waals surface area contributed by atoms with Crippen LogP contribution in [0.5, 0.6) is 0 Å². The standard InChI is InChI=1S/C21H31ClO2/c1-12(23)14-6-7-15-13-4-5-17-19(22)18(24)9-11-21(17,3)16(13)8-10-20(14,15)2/h13-17,19H,4-11H2,1-3H3/t13-,14+,15-,16-,17?,19?,20+,21+/m0/s1. The van der Waals surface area contributed by atoms with Crippen molar-refractivity contribution in [3.63, 3.8) is 0 Å². The Morgan fingerprint density at radius 2 is 1.62 bits per heavy atom. The molecule has 0 aromatic carbocycles. The summed E-state index contributed by atoms with van der Waals surface area (Å²) in [6.07, 6.45) is 8.75. The van der Waals surface area contributed by atoms with Crippen LogP contribution in [-0.4, -0.2) is 16.9 Å². The van der Waals surface area contributed by atoms with Crippen molar-refractivity contribution in [3.8, 4) is 0 Å². The fraction of sp³-hybridized carbons (Fsp3) is 0.905. The highest BCUT2D eigenvalue weighted by molar-refractivity contribution is 6.31. The lowest BCUT2D eigenvalue weighted by Crippen LogP contribution is -2.56. The van der Waals surface area contributed by atoms with Crippen LogP contribution in [0.15, 0.2) is 0 Å². The average molecular weight is 351 g/mol. The summed E-state index contributed by atoms with van der Waals surface area (Å²) in [4.78, 5) is 24.3. The van der Waals surface area contributed by atoms with E-state index < -0.39 is 0 Å². The van der Waals surface area contributed by atoms with Crippen molar-refractivity contribution in [1.82, 2.24) is 0 Å². The Morgan fingerprint density at radius 3 is 2.33 bits per heavy atom. The minimum absolute atomic E-state index is 0.223. The highest BCUT2D eigenvalue weighted by atomic mass is 35.5.